The lowest BCUT2D eigenvalue weighted by Gasteiger charge is -2.19. The second kappa shape index (κ2) is 12.7. The fourth-order valence-corrected chi connectivity index (χ4v) is 6.63. The first-order valence-electron chi connectivity index (χ1n) is 13.5. The number of hydrogen-bond acceptors (Lipinski definition) is 5. The van der Waals surface area contributed by atoms with Crippen LogP contribution < -0.4 is 14.4 Å². The zero-order valence-electron chi connectivity index (χ0n) is 22.6. The summed E-state index contributed by atoms with van der Waals surface area (Å²) in [7, 11) is -1.43. The predicted molar refractivity (Wildman–Crippen MR) is 150 cm³/mol. The highest BCUT2D eigenvalue weighted by atomic mass is 32.2. The maximum absolute atomic E-state index is 13.4. The van der Waals surface area contributed by atoms with Gasteiger partial charge in [-0.15, -0.1) is 0 Å². The lowest BCUT2D eigenvalue weighted by atomic mass is 9.88. The molecule has 2 aliphatic heterocycles. The van der Waals surface area contributed by atoms with Gasteiger partial charge in [0, 0.05) is 42.9 Å². The van der Waals surface area contributed by atoms with Crippen molar-refractivity contribution < 1.29 is 36.3 Å². The molecule has 0 N–H and O–H groups in total. The molecule has 5 rings (SSSR count). The van der Waals surface area contributed by atoms with Crippen LogP contribution in [0.3, 0.4) is 0 Å². The van der Waals surface area contributed by atoms with Crippen LogP contribution in [-0.4, -0.2) is 53.4 Å². The van der Waals surface area contributed by atoms with E-state index in [2.05, 4.69) is 9.84 Å². The Kier molecular flexibility index (Phi) is 8.99. The molecule has 1 fully saturated rings. The Bertz CT molecular complexity index is 1410. The Morgan fingerprint density at radius 1 is 0.976 bits per heavy atom. The van der Waals surface area contributed by atoms with Crippen molar-refractivity contribution in [2.75, 3.05) is 32.1 Å². The van der Waals surface area contributed by atoms with Crippen molar-refractivity contribution in [2.45, 2.75) is 43.3 Å². The number of hydrogen-bond donors (Lipinski definition) is 0. The molecule has 41 heavy (non-hydrogen) atoms. The van der Waals surface area contributed by atoms with Crippen molar-refractivity contribution >= 4 is 21.9 Å². The molecule has 5 nitrogen and oxygen atoms in total. The van der Waals surface area contributed by atoms with E-state index in [0.717, 1.165) is 48.3 Å². The largest absolute Gasteiger partial charge is 0.489 e. The average molecular weight is 590 g/mol. The summed E-state index contributed by atoms with van der Waals surface area (Å²) in [5.74, 6) is 0.980. The summed E-state index contributed by atoms with van der Waals surface area (Å²) in [4.78, 5) is 6.57. The van der Waals surface area contributed by atoms with Gasteiger partial charge in [0.2, 0.25) is 0 Å². The number of benzene rings is 3. The van der Waals surface area contributed by atoms with Crippen molar-refractivity contribution in [3.05, 3.63) is 83.4 Å². The molecule has 10 heteroatoms. The molecular weight excluding hydrogens is 558 g/mol. The minimum absolute atomic E-state index is 0.0200. The maximum atomic E-state index is 13.4. The standard InChI is InChI=1S/C31H31F4NO4S/c1-31(33,34)39-24-9-3-21(4-10-24)27-14-18-41(37)29-19-25(40-35)11-12-28(29)30(27)22-5-7-23(8-6-22)38-26-13-17-36(20-26)16-2-15-32/h3-12,19,26H,2,13-18,20H2,1H3. The molecule has 2 heterocycles. The highest BCUT2D eigenvalue weighted by Gasteiger charge is 2.27. The molecule has 0 bridgehead atoms. The molecule has 0 amide bonds. The van der Waals surface area contributed by atoms with E-state index in [4.69, 9.17) is 9.47 Å². The van der Waals surface area contributed by atoms with E-state index in [1.54, 1.807) is 18.2 Å². The van der Waals surface area contributed by atoms with Crippen LogP contribution in [0.5, 0.6) is 17.2 Å². The van der Waals surface area contributed by atoms with Gasteiger partial charge < -0.3 is 9.47 Å². The van der Waals surface area contributed by atoms with E-state index in [9.17, 15) is 21.9 Å². The number of nitrogens with zero attached hydrogens (tertiary/aromatic N) is 1. The number of likely N-dealkylation sites (tertiary alicyclic amines) is 1. The van der Waals surface area contributed by atoms with Crippen molar-refractivity contribution in [3.63, 3.8) is 0 Å². The number of alkyl halides is 3. The van der Waals surface area contributed by atoms with Crippen LogP contribution in [0.15, 0.2) is 71.6 Å². The fourth-order valence-electron chi connectivity index (χ4n) is 5.36. The molecule has 3 aromatic carbocycles. The summed E-state index contributed by atoms with van der Waals surface area (Å²) in [6.45, 7) is 2.69. The maximum Gasteiger partial charge on any atom is 0.394 e. The first-order valence-corrected chi connectivity index (χ1v) is 14.8. The van der Waals surface area contributed by atoms with Crippen molar-refractivity contribution in [3.8, 4) is 17.2 Å². The van der Waals surface area contributed by atoms with Crippen LogP contribution in [0, 0.1) is 0 Å². The summed E-state index contributed by atoms with van der Waals surface area (Å²) < 4.78 is 76.4. The van der Waals surface area contributed by atoms with Gasteiger partial charge >= 0.3 is 6.11 Å². The van der Waals surface area contributed by atoms with Crippen LogP contribution in [0.25, 0.3) is 11.1 Å². The van der Waals surface area contributed by atoms with Crippen molar-refractivity contribution in [1.29, 1.82) is 0 Å². The molecule has 2 aliphatic rings. The highest BCUT2D eigenvalue weighted by Crippen LogP contribution is 2.42. The minimum Gasteiger partial charge on any atom is -0.489 e. The smallest absolute Gasteiger partial charge is 0.394 e. The summed E-state index contributed by atoms with van der Waals surface area (Å²) in [6, 6.07) is 18.6. The third-order valence-corrected chi connectivity index (χ3v) is 8.58. The Morgan fingerprint density at radius 2 is 1.66 bits per heavy atom. The lowest BCUT2D eigenvalue weighted by Crippen LogP contribution is -2.26. The van der Waals surface area contributed by atoms with Crippen LogP contribution in [0.2, 0.25) is 0 Å². The third kappa shape index (κ3) is 7.11. The molecule has 0 radical (unpaired) electrons. The van der Waals surface area contributed by atoms with Crippen LogP contribution in [0.4, 0.5) is 17.7 Å². The fraction of sp³-hybridized carbons (Fsp3) is 0.355. The van der Waals surface area contributed by atoms with Gasteiger partial charge in [-0.1, -0.05) is 24.3 Å². The molecule has 2 atom stereocenters. The zero-order valence-corrected chi connectivity index (χ0v) is 23.4. The normalized spacial score (nSPS) is 19.5. The summed E-state index contributed by atoms with van der Waals surface area (Å²) in [5, 5.41) is 0. The van der Waals surface area contributed by atoms with Gasteiger partial charge in [-0.2, -0.15) is 8.78 Å². The molecule has 0 aromatic heterocycles. The minimum atomic E-state index is -3.31. The van der Waals surface area contributed by atoms with Crippen molar-refractivity contribution in [2.24, 2.45) is 0 Å². The second-order valence-corrected chi connectivity index (χ2v) is 11.8. The molecule has 0 spiro atoms. The zero-order chi connectivity index (χ0) is 29.0. The Hall–Kier alpha value is -3.37. The van der Waals surface area contributed by atoms with Gasteiger partial charge in [0.25, 0.3) is 0 Å². The van der Waals surface area contributed by atoms with Crippen molar-refractivity contribution in [1.82, 2.24) is 4.90 Å². The topological polar surface area (TPSA) is 48.0 Å². The van der Waals surface area contributed by atoms with E-state index in [-0.39, 0.29) is 30.0 Å². The molecule has 1 saturated heterocycles. The first kappa shape index (κ1) is 29.1. The Balaban J connectivity index is 1.50. The highest BCUT2D eigenvalue weighted by molar-refractivity contribution is 7.85. The SMILES string of the molecule is CC(F)(F)Oc1ccc(C2=C(c3ccc(OC4CCN(CCCF)C4)cc3)c3ccc(OF)cc3S(=O)CC2)cc1. The molecule has 0 saturated carbocycles. The third-order valence-electron chi connectivity index (χ3n) is 7.18. The summed E-state index contributed by atoms with van der Waals surface area (Å²) in [6.07, 6.45) is -1.47. The number of ether oxygens (including phenoxy) is 2. The lowest BCUT2D eigenvalue weighted by molar-refractivity contribution is -0.158. The van der Waals surface area contributed by atoms with Gasteiger partial charge in [0.15, 0.2) is 5.75 Å². The number of halogens is 4. The number of fused-ring (bicyclic) bond motifs is 1. The van der Waals surface area contributed by atoms with E-state index in [0.29, 0.717) is 36.0 Å². The molecule has 218 valence electrons. The van der Waals surface area contributed by atoms with Crippen LogP contribution in [0.1, 0.15) is 42.9 Å². The first-order chi connectivity index (χ1) is 19.7. The van der Waals surface area contributed by atoms with Crippen LogP contribution >= 0.6 is 0 Å². The summed E-state index contributed by atoms with van der Waals surface area (Å²) in [5.41, 5.74) is 3.94. The second-order valence-electron chi connectivity index (χ2n) is 10.2. The van der Waals surface area contributed by atoms with Gasteiger partial charge in [-0.3, -0.25) is 18.4 Å². The monoisotopic (exact) mass is 589 g/mol. The molecule has 3 aromatic rings. The predicted octanol–water partition coefficient (Wildman–Crippen LogP) is 7.22. The summed E-state index contributed by atoms with van der Waals surface area (Å²) >= 11 is 0. The van der Waals surface area contributed by atoms with E-state index in [1.807, 2.05) is 24.3 Å². The number of allylic oxidation sites excluding steroid dienone is 1. The van der Waals surface area contributed by atoms with Gasteiger partial charge in [0.1, 0.15) is 17.6 Å². The number of rotatable bonds is 10. The average Bonchev–Trinajstić information content (AvgIpc) is 3.35. The Labute approximate surface area is 239 Å². The Morgan fingerprint density at radius 3 is 2.34 bits per heavy atom. The van der Waals surface area contributed by atoms with Gasteiger partial charge in [-0.05, 0) is 83.5 Å². The van der Waals surface area contributed by atoms with E-state index in [1.165, 1.54) is 24.3 Å². The van der Waals surface area contributed by atoms with Gasteiger partial charge in [0.05, 0.1) is 22.4 Å². The van der Waals surface area contributed by atoms with E-state index < -0.39 is 16.9 Å². The molecule has 0 aliphatic carbocycles. The quantitative estimate of drug-likeness (QED) is 0.234. The van der Waals surface area contributed by atoms with Crippen LogP contribution in [-0.2, 0) is 10.8 Å². The molecule has 2 unspecified atom stereocenters. The van der Waals surface area contributed by atoms with E-state index >= 15 is 0 Å². The molecular formula is C31H31F4NO4S. The van der Waals surface area contributed by atoms with Gasteiger partial charge in [-0.25, -0.2) is 0 Å².